The maximum absolute atomic E-state index is 12.3. The molecule has 0 atom stereocenters. The lowest BCUT2D eigenvalue weighted by Crippen LogP contribution is -2.39. The maximum Gasteiger partial charge on any atom is 0.422 e. The zero-order valence-corrected chi connectivity index (χ0v) is 15.2. The molecule has 0 unspecified atom stereocenters. The molecular formula is C15H21F3IN3O. The molecule has 0 radical (unpaired) electrons. The number of rotatable bonds is 4. The van der Waals surface area contributed by atoms with Gasteiger partial charge in [0.2, 0.25) is 0 Å². The smallest absolute Gasteiger partial charge is 0.422 e. The standard InChI is InChI=1S/C15H20F3N3O.HI/c1-19-14(21-8-4-5-9-21)20-10-12-6-2-3-7-13(12)22-11-15(16,17)18;/h2-3,6-7H,4-5,8-11H2,1H3,(H,19,20);1H. The summed E-state index contributed by atoms with van der Waals surface area (Å²) in [6, 6.07) is 6.72. The molecule has 1 heterocycles. The molecule has 1 fully saturated rings. The van der Waals surface area contributed by atoms with Gasteiger partial charge in [-0.1, -0.05) is 18.2 Å². The molecule has 8 heteroatoms. The highest BCUT2D eigenvalue weighted by Crippen LogP contribution is 2.22. The van der Waals surface area contributed by atoms with Crippen molar-refractivity contribution in [3.8, 4) is 5.75 Å². The minimum atomic E-state index is -4.34. The second kappa shape index (κ2) is 9.19. The van der Waals surface area contributed by atoms with Gasteiger partial charge in [0.25, 0.3) is 0 Å². The van der Waals surface area contributed by atoms with Gasteiger partial charge in [0.1, 0.15) is 5.75 Å². The number of likely N-dealkylation sites (tertiary alicyclic amines) is 1. The number of ether oxygens (including phenoxy) is 1. The Balaban J connectivity index is 0.00000264. The number of nitrogens with zero attached hydrogens (tertiary/aromatic N) is 2. The average Bonchev–Trinajstić information content (AvgIpc) is 3.00. The largest absolute Gasteiger partial charge is 0.484 e. The van der Waals surface area contributed by atoms with Crippen LogP contribution in [-0.2, 0) is 6.54 Å². The molecule has 1 N–H and O–H groups in total. The highest BCUT2D eigenvalue weighted by Gasteiger charge is 2.28. The van der Waals surface area contributed by atoms with E-state index in [1.165, 1.54) is 0 Å². The molecule has 2 rings (SSSR count). The summed E-state index contributed by atoms with van der Waals surface area (Å²) in [5, 5.41) is 3.18. The van der Waals surface area contributed by atoms with E-state index >= 15 is 0 Å². The predicted molar refractivity (Wildman–Crippen MR) is 94.4 cm³/mol. The molecule has 0 amide bonds. The van der Waals surface area contributed by atoms with E-state index in [0.717, 1.165) is 31.9 Å². The molecule has 130 valence electrons. The van der Waals surface area contributed by atoms with Gasteiger partial charge in [0.05, 0.1) is 0 Å². The Morgan fingerprint density at radius 3 is 2.52 bits per heavy atom. The number of hydrogen-bond donors (Lipinski definition) is 1. The molecule has 23 heavy (non-hydrogen) atoms. The highest BCUT2D eigenvalue weighted by molar-refractivity contribution is 14.0. The molecule has 4 nitrogen and oxygen atoms in total. The number of alkyl halides is 3. The Hall–Kier alpha value is -1.19. The SMILES string of the molecule is CN=C(NCc1ccccc1OCC(F)(F)F)N1CCCC1.I. The molecule has 0 bridgehead atoms. The van der Waals surface area contributed by atoms with Crippen LogP contribution in [0.3, 0.4) is 0 Å². The topological polar surface area (TPSA) is 36.9 Å². The Morgan fingerprint density at radius 2 is 1.91 bits per heavy atom. The Kier molecular flexibility index (Phi) is 7.93. The predicted octanol–water partition coefficient (Wildman–Crippen LogP) is 3.42. The number of nitrogens with one attached hydrogen (secondary N) is 1. The quantitative estimate of drug-likeness (QED) is 0.441. The third-order valence-corrected chi connectivity index (χ3v) is 3.42. The minimum Gasteiger partial charge on any atom is -0.484 e. The first-order valence-electron chi connectivity index (χ1n) is 7.22. The van der Waals surface area contributed by atoms with Crippen LogP contribution < -0.4 is 10.1 Å². The van der Waals surface area contributed by atoms with Crippen LogP contribution in [0.25, 0.3) is 0 Å². The van der Waals surface area contributed by atoms with Crippen molar-refractivity contribution in [1.29, 1.82) is 0 Å². The van der Waals surface area contributed by atoms with Gasteiger partial charge in [0.15, 0.2) is 12.6 Å². The summed E-state index contributed by atoms with van der Waals surface area (Å²) in [6.07, 6.45) is -2.08. The number of halogens is 4. The minimum absolute atomic E-state index is 0. The van der Waals surface area contributed by atoms with Crippen LogP contribution in [-0.4, -0.2) is 43.8 Å². The molecule has 1 aromatic carbocycles. The number of benzene rings is 1. The zero-order valence-electron chi connectivity index (χ0n) is 12.9. The van der Waals surface area contributed by atoms with E-state index in [4.69, 9.17) is 4.74 Å². The highest BCUT2D eigenvalue weighted by atomic mass is 127. The third kappa shape index (κ3) is 6.44. The van der Waals surface area contributed by atoms with Gasteiger partial charge >= 0.3 is 6.18 Å². The first-order valence-corrected chi connectivity index (χ1v) is 7.22. The summed E-state index contributed by atoms with van der Waals surface area (Å²) in [4.78, 5) is 6.35. The number of hydrogen-bond acceptors (Lipinski definition) is 2. The van der Waals surface area contributed by atoms with E-state index in [-0.39, 0.29) is 29.7 Å². The summed E-state index contributed by atoms with van der Waals surface area (Å²) in [5.41, 5.74) is 0.673. The van der Waals surface area contributed by atoms with Gasteiger partial charge in [-0.2, -0.15) is 13.2 Å². The number of guanidine groups is 1. The van der Waals surface area contributed by atoms with Gasteiger partial charge in [0, 0.05) is 32.2 Å². The van der Waals surface area contributed by atoms with Crippen molar-refractivity contribution in [1.82, 2.24) is 10.2 Å². The van der Waals surface area contributed by atoms with Crippen molar-refractivity contribution >= 4 is 29.9 Å². The summed E-state index contributed by atoms with van der Waals surface area (Å²) >= 11 is 0. The summed E-state index contributed by atoms with van der Waals surface area (Å²) in [7, 11) is 1.70. The fraction of sp³-hybridized carbons (Fsp3) is 0.533. The molecular weight excluding hydrogens is 422 g/mol. The van der Waals surface area contributed by atoms with E-state index in [0.29, 0.717) is 12.1 Å². The van der Waals surface area contributed by atoms with Crippen LogP contribution in [0, 0.1) is 0 Å². The van der Waals surface area contributed by atoms with Gasteiger partial charge in [-0.3, -0.25) is 4.99 Å². The molecule has 1 aliphatic heterocycles. The van der Waals surface area contributed by atoms with Gasteiger partial charge in [-0.05, 0) is 18.9 Å². The van der Waals surface area contributed by atoms with Crippen molar-refractivity contribution in [3.63, 3.8) is 0 Å². The Morgan fingerprint density at radius 1 is 1.26 bits per heavy atom. The lowest BCUT2D eigenvalue weighted by Gasteiger charge is -2.21. The van der Waals surface area contributed by atoms with Crippen LogP contribution >= 0.6 is 24.0 Å². The molecule has 1 saturated heterocycles. The maximum atomic E-state index is 12.3. The van der Waals surface area contributed by atoms with Crippen molar-refractivity contribution in [2.24, 2.45) is 4.99 Å². The third-order valence-electron chi connectivity index (χ3n) is 3.42. The van der Waals surface area contributed by atoms with Crippen LogP contribution in [0.4, 0.5) is 13.2 Å². The van der Waals surface area contributed by atoms with E-state index in [1.807, 2.05) is 0 Å². The monoisotopic (exact) mass is 443 g/mol. The zero-order chi connectivity index (χ0) is 16.0. The van der Waals surface area contributed by atoms with Crippen LogP contribution in [0.1, 0.15) is 18.4 Å². The van der Waals surface area contributed by atoms with Crippen molar-refractivity contribution in [2.75, 3.05) is 26.7 Å². The molecule has 0 spiro atoms. The second-order valence-corrected chi connectivity index (χ2v) is 5.11. The van der Waals surface area contributed by atoms with Crippen molar-refractivity contribution in [2.45, 2.75) is 25.6 Å². The number of para-hydroxylation sites is 1. The lowest BCUT2D eigenvalue weighted by atomic mass is 10.2. The van der Waals surface area contributed by atoms with E-state index in [9.17, 15) is 13.2 Å². The fourth-order valence-corrected chi connectivity index (χ4v) is 2.39. The van der Waals surface area contributed by atoms with Gasteiger partial charge in [-0.25, -0.2) is 0 Å². The van der Waals surface area contributed by atoms with Gasteiger partial charge < -0.3 is 15.0 Å². The summed E-state index contributed by atoms with van der Waals surface area (Å²) in [5.74, 6) is 1.01. The lowest BCUT2D eigenvalue weighted by molar-refractivity contribution is -0.153. The molecule has 0 aromatic heterocycles. The second-order valence-electron chi connectivity index (χ2n) is 5.11. The van der Waals surface area contributed by atoms with Crippen LogP contribution in [0.5, 0.6) is 5.75 Å². The van der Waals surface area contributed by atoms with E-state index < -0.39 is 12.8 Å². The van der Waals surface area contributed by atoms with Gasteiger partial charge in [-0.15, -0.1) is 24.0 Å². The molecule has 1 aliphatic rings. The Bertz CT molecular complexity index is 517. The number of aliphatic imine (C=N–C) groups is 1. The molecule has 1 aromatic rings. The normalized spacial score (nSPS) is 15.3. The van der Waals surface area contributed by atoms with E-state index in [1.54, 1.807) is 31.3 Å². The average molecular weight is 443 g/mol. The van der Waals surface area contributed by atoms with Crippen molar-refractivity contribution in [3.05, 3.63) is 29.8 Å². The molecule has 0 saturated carbocycles. The fourth-order valence-electron chi connectivity index (χ4n) is 2.39. The Labute approximate surface area is 151 Å². The molecule has 0 aliphatic carbocycles. The summed E-state index contributed by atoms with van der Waals surface area (Å²) in [6.45, 7) is 0.986. The van der Waals surface area contributed by atoms with E-state index in [2.05, 4.69) is 15.2 Å². The summed E-state index contributed by atoms with van der Waals surface area (Å²) < 4.78 is 41.7. The first-order chi connectivity index (χ1) is 10.5. The first kappa shape index (κ1) is 19.9. The van der Waals surface area contributed by atoms with Crippen LogP contribution in [0.2, 0.25) is 0 Å². The van der Waals surface area contributed by atoms with Crippen molar-refractivity contribution < 1.29 is 17.9 Å². The van der Waals surface area contributed by atoms with Crippen LogP contribution in [0.15, 0.2) is 29.3 Å².